The Morgan fingerprint density at radius 3 is 2.64 bits per heavy atom. The van der Waals surface area contributed by atoms with Crippen molar-refractivity contribution in [2.24, 2.45) is 0 Å². The number of nitrogens with one attached hydrogen (secondary N) is 2. The number of carbonyl (C=O) groups is 2. The molecule has 2 unspecified atom stereocenters. The Bertz CT molecular complexity index is 731. The molecule has 7 nitrogen and oxygen atoms in total. The molecule has 1 aromatic heterocycles. The summed E-state index contributed by atoms with van der Waals surface area (Å²) in [5.41, 5.74) is 1.42. The number of H-pyrrole nitrogens is 1. The van der Waals surface area contributed by atoms with E-state index in [0.29, 0.717) is 17.8 Å². The van der Waals surface area contributed by atoms with Crippen LogP contribution in [0.15, 0.2) is 24.3 Å². The van der Waals surface area contributed by atoms with E-state index in [1.165, 1.54) is 19.3 Å². The Morgan fingerprint density at radius 1 is 1.32 bits per heavy atom. The molecule has 0 aliphatic carbocycles. The maximum Gasteiger partial charge on any atom is 0.290 e. The average Bonchev–Trinajstić information content (AvgIpc) is 3.01. The zero-order valence-electron chi connectivity index (χ0n) is 14.3. The zero-order valence-corrected chi connectivity index (χ0v) is 14.3. The number of carboxylic acid groups (broad SMARTS) is 1. The van der Waals surface area contributed by atoms with E-state index in [0.717, 1.165) is 23.7 Å². The molecule has 0 radical (unpaired) electrons. The third kappa shape index (κ3) is 3.66. The average molecular weight is 344 g/mol. The van der Waals surface area contributed by atoms with E-state index in [1.54, 1.807) is 0 Å². The van der Waals surface area contributed by atoms with Crippen molar-refractivity contribution in [1.29, 1.82) is 0 Å². The number of piperidine rings is 2. The SMILES string of the molecule is CN1C2CCCC1CC(NC(=O)c1n[nH]c3ccccc13)C2.O=CO. The summed E-state index contributed by atoms with van der Waals surface area (Å²) in [5, 5.41) is 18.1. The monoisotopic (exact) mass is 344 g/mol. The maximum atomic E-state index is 12.6. The van der Waals surface area contributed by atoms with Gasteiger partial charge in [0.25, 0.3) is 12.4 Å². The molecule has 1 amide bonds. The second-order valence-electron chi connectivity index (χ2n) is 6.77. The van der Waals surface area contributed by atoms with Crippen LogP contribution >= 0.6 is 0 Å². The van der Waals surface area contributed by atoms with E-state index < -0.39 is 0 Å². The number of aromatic amines is 1. The maximum absolute atomic E-state index is 12.6. The van der Waals surface area contributed by atoms with Gasteiger partial charge in [0.2, 0.25) is 0 Å². The zero-order chi connectivity index (χ0) is 17.8. The van der Waals surface area contributed by atoms with Crippen molar-refractivity contribution in [3.63, 3.8) is 0 Å². The predicted molar refractivity (Wildman–Crippen MR) is 94.5 cm³/mol. The molecule has 2 bridgehead atoms. The highest BCUT2D eigenvalue weighted by atomic mass is 16.3. The first-order chi connectivity index (χ1) is 12.1. The third-order valence-corrected chi connectivity index (χ3v) is 5.36. The minimum atomic E-state index is -0.250. The molecule has 2 aliphatic rings. The summed E-state index contributed by atoms with van der Waals surface area (Å²) in [6.07, 6.45) is 5.95. The number of carbonyl (C=O) groups excluding carboxylic acids is 1. The smallest absolute Gasteiger partial charge is 0.290 e. The molecule has 3 N–H and O–H groups in total. The summed E-state index contributed by atoms with van der Waals surface area (Å²) < 4.78 is 0. The number of amides is 1. The van der Waals surface area contributed by atoms with E-state index in [2.05, 4.69) is 27.5 Å². The van der Waals surface area contributed by atoms with E-state index >= 15 is 0 Å². The van der Waals surface area contributed by atoms with Crippen molar-refractivity contribution in [3.8, 4) is 0 Å². The predicted octanol–water partition coefficient (Wildman–Crippen LogP) is 2.01. The Morgan fingerprint density at radius 2 is 1.96 bits per heavy atom. The van der Waals surface area contributed by atoms with Crippen molar-refractivity contribution in [1.82, 2.24) is 20.4 Å². The topological polar surface area (TPSA) is 98.3 Å². The second kappa shape index (κ2) is 7.65. The van der Waals surface area contributed by atoms with Gasteiger partial charge in [0.05, 0.1) is 5.52 Å². The third-order valence-electron chi connectivity index (χ3n) is 5.36. The molecule has 4 rings (SSSR count). The lowest BCUT2D eigenvalue weighted by Crippen LogP contribution is -2.55. The van der Waals surface area contributed by atoms with Gasteiger partial charge >= 0.3 is 0 Å². The lowest BCUT2D eigenvalue weighted by atomic mass is 9.82. The highest BCUT2D eigenvalue weighted by Crippen LogP contribution is 2.32. The Kier molecular flexibility index (Phi) is 5.33. The Hall–Kier alpha value is -2.41. The van der Waals surface area contributed by atoms with Crippen LogP contribution in [0.2, 0.25) is 0 Å². The van der Waals surface area contributed by atoms with Gasteiger partial charge in [-0.25, -0.2) is 0 Å². The summed E-state index contributed by atoms with van der Waals surface area (Å²) in [5.74, 6) is -0.0509. The van der Waals surface area contributed by atoms with E-state index in [9.17, 15) is 4.79 Å². The summed E-state index contributed by atoms with van der Waals surface area (Å²) in [7, 11) is 2.23. The fraction of sp³-hybridized carbons (Fsp3) is 0.500. The molecule has 0 spiro atoms. The van der Waals surface area contributed by atoms with Crippen LogP contribution in [0.4, 0.5) is 0 Å². The number of para-hydroxylation sites is 1. The van der Waals surface area contributed by atoms with Crippen LogP contribution < -0.4 is 5.32 Å². The van der Waals surface area contributed by atoms with Crippen molar-refractivity contribution >= 4 is 23.3 Å². The number of rotatable bonds is 2. The second-order valence-corrected chi connectivity index (χ2v) is 6.77. The molecule has 2 atom stereocenters. The molecule has 25 heavy (non-hydrogen) atoms. The van der Waals surface area contributed by atoms with Gasteiger partial charge < -0.3 is 15.3 Å². The fourth-order valence-electron chi connectivity index (χ4n) is 4.12. The molecule has 2 saturated heterocycles. The number of nitrogens with zero attached hydrogens (tertiary/aromatic N) is 2. The summed E-state index contributed by atoms with van der Waals surface area (Å²) >= 11 is 0. The van der Waals surface area contributed by atoms with Crippen molar-refractivity contribution in [3.05, 3.63) is 30.0 Å². The summed E-state index contributed by atoms with van der Waals surface area (Å²) in [4.78, 5) is 23.5. The highest BCUT2D eigenvalue weighted by Gasteiger charge is 2.36. The first kappa shape index (κ1) is 17.4. The van der Waals surface area contributed by atoms with Gasteiger partial charge in [0.15, 0.2) is 5.69 Å². The lowest BCUT2D eigenvalue weighted by molar-refractivity contribution is -0.122. The standard InChI is InChI=1S/C17H22N4O.CH2O2/c1-21-12-5-4-6-13(21)10-11(9-12)18-17(22)16-14-7-2-3-8-15(14)19-20-16;2-1-3/h2-3,7-8,11-13H,4-6,9-10H2,1H3,(H,18,22)(H,19,20);1H,(H,2,3). The van der Waals surface area contributed by atoms with E-state index in [-0.39, 0.29) is 18.4 Å². The fourth-order valence-corrected chi connectivity index (χ4v) is 4.12. The quantitative estimate of drug-likeness (QED) is 0.724. The van der Waals surface area contributed by atoms with Crippen LogP contribution in [0.1, 0.15) is 42.6 Å². The first-order valence-electron chi connectivity index (χ1n) is 8.67. The van der Waals surface area contributed by atoms with Gasteiger partial charge in [-0.2, -0.15) is 5.10 Å². The molecule has 2 aliphatic heterocycles. The van der Waals surface area contributed by atoms with Crippen molar-refractivity contribution in [2.45, 2.75) is 50.2 Å². The summed E-state index contributed by atoms with van der Waals surface area (Å²) in [6.45, 7) is -0.250. The molecular formula is C18H24N4O3. The van der Waals surface area contributed by atoms with Crippen LogP contribution in [-0.4, -0.2) is 57.8 Å². The minimum Gasteiger partial charge on any atom is -0.483 e. The van der Waals surface area contributed by atoms with Crippen molar-refractivity contribution < 1.29 is 14.7 Å². The molecule has 2 aromatic rings. The lowest BCUT2D eigenvalue weighted by Gasteiger charge is -2.47. The minimum absolute atomic E-state index is 0.0509. The molecule has 2 fully saturated rings. The highest BCUT2D eigenvalue weighted by molar-refractivity contribution is 6.04. The van der Waals surface area contributed by atoms with Crippen LogP contribution in [-0.2, 0) is 4.79 Å². The van der Waals surface area contributed by atoms with Gasteiger partial charge in [0.1, 0.15) is 0 Å². The van der Waals surface area contributed by atoms with Gasteiger partial charge in [-0.3, -0.25) is 14.7 Å². The number of benzene rings is 1. The number of aromatic nitrogens is 2. The van der Waals surface area contributed by atoms with Crippen LogP contribution in [0.25, 0.3) is 10.9 Å². The number of fused-ring (bicyclic) bond motifs is 3. The van der Waals surface area contributed by atoms with E-state index in [1.807, 2.05) is 24.3 Å². The molecule has 3 heterocycles. The van der Waals surface area contributed by atoms with Crippen molar-refractivity contribution in [2.75, 3.05) is 7.05 Å². The van der Waals surface area contributed by atoms with Gasteiger partial charge in [-0.1, -0.05) is 24.6 Å². The molecule has 1 aromatic carbocycles. The normalized spacial score (nSPS) is 25.7. The molecule has 0 saturated carbocycles. The van der Waals surface area contributed by atoms with Gasteiger partial charge in [-0.15, -0.1) is 0 Å². The molecule has 134 valence electrons. The Labute approximate surface area is 146 Å². The first-order valence-corrected chi connectivity index (χ1v) is 8.67. The molecule has 7 heteroatoms. The largest absolute Gasteiger partial charge is 0.483 e. The van der Waals surface area contributed by atoms with Crippen LogP contribution in [0, 0.1) is 0 Å². The number of hydrogen-bond donors (Lipinski definition) is 3. The molecular weight excluding hydrogens is 320 g/mol. The van der Waals surface area contributed by atoms with Gasteiger partial charge in [-0.05, 0) is 38.8 Å². The summed E-state index contributed by atoms with van der Waals surface area (Å²) in [6, 6.07) is 9.28. The Balaban J connectivity index is 0.000000569. The van der Waals surface area contributed by atoms with Crippen LogP contribution in [0.3, 0.4) is 0 Å². The van der Waals surface area contributed by atoms with E-state index in [4.69, 9.17) is 9.90 Å². The van der Waals surface area contributed by atoms with Gasteiger partial charge in [0, 0.05) is 23.5 Å². The number of hydrogen-bond acceptors (Lipinski definition) is 4. The van der Waals surface area contributed by atoms with Crippen LogP contribution in [0.5, 0.6) is 0 Å².